The molecule has 1 unspecified atom stereocenters. The number of carbonyl (C=O) groups excluding carboxylic acids is 2. The van der Waals surface area contributed by atoms with Gasteiger partial charge in [0.05, 0.1) is 17.0 Å². The summed E-state index contributed by atoms with van der Waals surface area (Å²) in [5, 5.41) is 0. The number of hydrogen-bond acceptors (Lipinski definition) is 4. The van der Waals surface area contributed by atoms with E-state index in [0.717, 1.165) is 20.3 Å². The van der Waals surface area contributed by atoms with Crippen LogP contribution in [0.2, 0.25) is 0 Å². The minimum absolute atomic E-state index is 0.0101. The Morgan fingerprint density at radius 3 is 2.06 bits per heavy atom. The van der Waals surface area contributed by atoms with E-state index in [0.29, 0.717) is 5.69 Å². The van der Waals surface area contributed by atoms with Crippen LogP contribution in [0.4, 0.5) is 5.69 Å². The lowest BCUT2D eigenvalue weighted by molar-refractivity contribution is -0.122. The summed E-state index contributed by atoms with van der Waals surface area (Å²) in [5.74, 6) is -0.957. The second-order valence-corrected chi connectivity index (χ2v) is 9.36. The number of rotatable bonds is 6. The van der Waals surface area contributed by atoms with E-state index in [2.05, 4.69) is 0 Å². The first kappa shape index (κ1) is 21.0. The van der Waals surface area contributed by atoms with Gasteiger partial charge in [-0.15, -0.1) is 0 Å². The molecule has 7 heteroatoms. The summed E-state index contributed by atoms with van der Waals surface area (Å²) in [6.45, 7) is 1.93. The van der Waals surface area contributed by atoms with Gasteiger partial charge in [-0.3, -0.25) is 9.59 Å². The monoisotopic (exact) mass is 434 g/mol. The maximum atomic E-state index is 13.5. The van der Waals surface area contributed by atoms with Crippen LogP contribution in [0.1, 0.15) is 17.5 Å². The molecule has 1 fully saturated rings. The van der Waals surface area contributed by atoms with Crippen LogP contribution in [0.3, 0.4) is 0 Å². The van der Waals surface area contributed by atoms with Gasteiger partial charge in [0.25, 0.3) is 5.91 Å². The van der Waals surface area contributed by atoms with E-state index >= 15 is 0 Å². The highest BCUT2D eigenvalue weighted by Crippen LogP contribution is 2.30. The van der Waals surface area contributed by atoms with E-state index in [9.17, 15) is 18.0 Å². The number of imide groups is 1. The van der Waals surface area contributed by atoms with Gasteiger partial charge in [-0.1, -0.05) is 66.2 Å². The molecule has 4 rings (SSSR count). The topological polar surface area (TPSA) is 74.8 Å². The Kier molecular flexibility index (Phi) is 5.71. The number of anilines is 1. The van der Waals surface area contributed by atoms with Crippen molar-refractivity contribution >= 4 is 27.5 Å². The highest BCUT2D eigenvalue weighted by atomic mass is 32.2. The van der Waals surface area contributed by atoms with Gasteiger partial charge in [0.15, 0.2) is 0 Å². The van der Waals surface area contributed by atoms with Gasteiger partial charge in [0.1, 0.15) is 6.04 Å². The average Bonchev–Trinajstić information content (AvgIpc) is 3.08. The van der Waals surface area contributed by atoms with Crippen molar-refractivity contribution in [1.82, 2.24) is 4.31 Å². The number of para-hydroxylation sites is 1. The molecule has 0 bridgehead atoms. The van der Waals surface area contributed by atoms with Crippen LogP contribution >= 0.6 is 0 Å². The molecule has 1 saturated heterocycles. The molecule has 0 saturated carbocycles. The Morgan fingerprint density at radius 1 is 0.871 bits per heavy atom. The summed E-state index contributed by atoms with van der Waals surface area (Å²) in [4.78, 5) is 27.2. The van der Waals surface area contributed by atoms with Crippen LogP contribution in [0.15, 0.2) is 89.8 Å². The van der Waals surface area contributed by atoms with Gasteiger partial charge in [-0.2, -0.15) is 4.31 Å². The number of sulfonamides is 1. The van der Waals surface area contributed by atoms with E-state index < -0.39 is 27.9 Å². The molecule has 6 nitrogen and oxygen atoms in total. The van der Waals surface area contributed by atoms with Crippen LogP contribution < -0.4 is 4.90 Å². The molecule has 158 valence electrons. The summed E-state index contributed by atoms with van der Waals surface area (Å²) in [6, 6.07) is 22.9. The maximum absolute atomic E-state index is 13.5. The minimum Gasteiger partial charge on any atom is -0.274 e. The second-order valence-electron chi connectivity index (χ2n) is 7.47. The lowest BCUT2D eigenvalue weighted by Crippen LogP contribution is -2.45. The number of benzene rings is 3. The van der Waals surface area contributed by atoms with Crippen LogP contribution in [0, 0.1) is 6.92 Å². The molecule has 0 N–H and O–H groups in total. The normalized spacial score (nSPS) is 16.8. The van der Waals surface area contributed by atoms with Gasteiger partial charge < -0.3 is 0 Å². The van der Waals surface area contributed by atoms with Crippen molar-refractivity contribution in [2.24, 2.45) is 0 Å². The molecule has 3 aromatic carbocycles. The number of hydrogen-bond donors (Lipinski definition) is 0. The summed E-state index contributed by atoms with van der Waals surface area (Å²) in [5.41, 5.74) is 2.22. The van der Waals surface area contributed by atoms with Crippen LogP contribution in [-0.2, 0) is 26.2 Å². The van der Waals surface area contributed by atoms with E-state index in [1.807, 2.05) is 31.2 Å². The lowest BCUT2D eigenvalue weighted by atomic mass is 10.1. The smallest absolute Gasteiger partial charge is 0.252 e. The van der Waals surface area contributed by atoms with Gasteiger partial charge in [-0.05, 0) is 36.8 Å². The van der Waals surface area contributed by atoms with Gasteiger partial charge in [0.2, 0.25) is 15.9 Å². The van der Waals surface area contributed by atoms with Crippen molar-refractivity contribution in [2.75, 3.05) is 4.90 Å². The maximum Gasteiger partial charge on any atom is 0.252 e. The molecular formula is C24H22N2O4S. The summed E-state index contributed by atoms with van der Waals surface area (Å²) in [7, 11) is -4.02. The number of carbonyl (C=O) groups is 2. The highest BCUT2D eigenvalue weighted by molar-refractivity contribution is 7.89. The predicted molar refractivity (Wildman–Crippen MR) is 118 cm³/mol. The number of amides is 2. The molecular weight excluding hydrogens is 412 g/mol. The molecule has 0 aliphatic carbocycles. The molecule has 31 heavy (non-hydrogen) atoms. The first-order chi connectivity index (χ1) is 14.9. The quantitative estimate of drug-likeness (QED) is 0.557. The molecule has 1 aliphatic heterocycles. The first-order valence-electron chi connectivity index (χ1n) is 9.92. The van der Waals surface area contributed by atoms with Crippen LogP contribution in [0.25, 0.3) is 0 Å². The molecule has 1 atom stereocenters. The summed E-state index contributed by atoms with van der Waals surface area (Å²) >= 11 is 0. The lowest BCUT2D eigenvalue weighted by Gasteiger charge is -2.27. The van der Waals surface area contributed by atoms with Crippen LogP contribution in [-0.4, -0.2) is 30.6 Å². The first-order valence-corrected chi connectivity index (χ1v) is 11.4. The van der Waals surface area contributed by atoms with Crippen molar-refractivity contribution in [1.29, 1.82) is 0 Å². The standard InChI is InChI=1S/C24H22N2O4S/c1-18-12-14-19(15-13-18)17-25(31(29,30)21-10-6-3-7-11-21)22-16-23(27)26(24(22)28)20-8-4-2-5-9-20/h2-15,22H,16-17H2,1H3. The van der Waals surface area contributed by atoms with E-state index in [4.69, 9.17) is 0 Å². The summed E-state index contributed by atoms with van der Waals surface area (Å²) < 4.78 is 28.2. The Hall–Kier alpha value is -3.29. The van der Waals surface area contributed by atoms with E-state index in [1.54, 1.807) is 48.5 Å². The SMILES string of the molecule is Cc1ccc(CN(C2CC(=O)N(c3ccccc3)C2=O)S(=O)(=O)c2ccccc2)cc1. The van der Waals surface area contributed by atoms with Crippen molar-refractivity contribution < 1.29 is 18.0 Å². The average molecular weight is 435 g/mol. The molecule has 0 spiro atoms. The van der Waals surface area contributed by atoms with Crippen molar-refractivity contribution in [3.05, 3.63) is 96.1 Å². The number of nitrogens with zero attached hydrogens (tertiary/aromatic N) is 2. The fourth-order valence-electron chi connectivity index (χ4n) is 3.65. The zero-order valence-electron chi connectivity index (χ0n) is 17.0. The zero-order chi connectivity index (χ0) is 22.0. The fourth-order valence-corrected chi connectivity index (χ4v) is 5.24. The number of aryl methyl sites for hydroxylation is 1. The van der Waals surface area contributed by atoms with E-state index in [-0.39, 0.29) is 17.9 Å². The van der Waals surface area contributed by atoms with Crippen LogP contribution in [0.5, 0.6) is 0 Å². The second kappa shape index (κ2) is 8.45. The highest BCUT2D eigenvalue weighted by Gasteiger charge is 2.46. The molecule has 0 radical (unpaired) electrons. The van der Waals surface area contributed by atoms with Gasteiger partial charge in [-0.25, -0.2) is 13.3 Å². The fraction of sp³-hybridized carbons (Fsp3) is 0.167. The Balaban J connectivity index is 1.75. The van der Waals surface area contributed by atoms with Crippen molar-refractivity contribution in [2.45, 2.75) is 30.8 Å². The largest absolute Gasteiger partial charge is 0.274 e. The third-order valence-electron chi connectivity index (χ3n) is 5.29. The third-order valence-corrected chi connectivity index (χ3v) is 7.16. The molecule has 0 aromatic heterocycles. The Labute approximate surface area is 181 Å². The third kappa shape index (κ3) is 4.15. The molecule has 2 amide bonds. The Morgan fingerprint density at radius 2 is 1.45 bits per heavy atom. The minimum atomic E-state index is -4.02. The molecule has 1 heterocycles. The summed E-state index contributed by atoms with van der Waals surface area (Å²) in [6.07, 6.45) is -0.203. The van der Waals surface area contributed by atoms with E-state index in [1.165, 1.54) is 12.1 Å². The predicted octanol–water partition coefficient (Wildman–Crippen LogP) is 3.52. The van der Waals surface area contributed by atoms with Gasteiger partial charge >= 0.3 is 0 Å². The van der Waals surface area contributed by atoms with Gasteiger partial charge in [0, 0.05) is 6.54 Å². The van der Waals surface area contributed by atoms with Crippen molar-refractivity contribution in [3.63, 3.8) is 0 Å². The zero-order valence-corrected chi connectivity index (χ0v) is 17.8. The van der Waals surface area contributed by atoms with Crippen molar-refractivity contribution in [3.8, 4) is 0 Å². The molecule has 1 aliphatic rings. The molecule has 3 aromatic rings. The Bertz CT molecular complexity index is 1190.